The predicted molar refractivity (Wildman–Crippen MR) is 74.8 cm³/mol. The van der Waals surface area contributed by atoms with Gasteiger partial charge >= 0.3 is 0 Å². The molecule has 1 rings (SSSR count). The molecule has 0 amide bonds. The van der Waals surface area contributed by atoms with Gasteiger partial charge in [-0.2, -0.15) is 0 Å². The van der Waals surface area contributed by atoms with E-state index < -0.39 is 12.1 Å². The molecule has 0 unspecified atom stereocenters. The van der Waals surface area contributed by atoms with Gasteiger partial charge in [-0.05, 0) is 18.6 Å². The van der Waals surface area contributed by atoms with Gasteiger partial charge in [0.2, 0.25) is 0 Å². The first kappa shape index (κ1) is 15.3. The lowest BCUT2D eigenvalue weighted by Gasteiger charge is -2.21. The number of benzene rings is 1. The van der Waals surface area contributed by atoms with Crippen LogP contribution in [0.15, 0.2) is 16.6 Å². The highest BCUT2D eigenvalue weighted by atomic mass is 79.9. The Balaban J connectivity index is 2.97. The van der Waals surface area contributed by atoms with Gasteiger partial charge in [0.05, 0.1) is 19.3 Å². The zero-order valence-corrected chi connectivity index (χ0v) is 12.3. The number of phenols is 1. The molecule has 1 aromatic carbocycles. The molecule has 5 heteroatoms. The minimum absolute atomic E-state index is 0.0104. The van der Waals surface area contributed by atoms with Crippen molar-refractivity contribution >= 4 is 15.9 Å². The van der Waals surface area contributed by atoms with Crippen LogP contribution in [0.3, 0.4) is 0 Å². The number of unbranched alkanes of at least 4 members (excludes halogenated alkanes) is 1. The van der Waals surface area contributed by atoms with Crippen molar-refractivity contribution in [2.75, 3.05) is 7.11 Å². The quantitative estimate of drug-likeness (QED) is 0.754. The minimum atomic E-state index is -0.671. The molecule has 0 aliphatic carbocycles. The predicted octanol–water partition coefficient (Wildman–Crippen LogP) is 2.71. The molecule has 0 aliphatic heterocycles. The number of hydrogen-bond donors (Lipinski definition) is 3. The third-order valence-corrected chi connectivity index (χ3v) is 3.37. The maximum Gasteiger partial charge on any atom is 0.162 e. The van der Waals surface area contributed by atoms with E-state index in [0.29, 0.717) is 17.7 Å². The van der Waals surface area contributed by atoms with Crippen LogP contribution in [0, 0.1) is 0 Å². The van der Waals surface area contributed by atoms with Crippen LogP contribution in [0.1, 0.15) is 37.8 Å². The molecule has 0 spiro atoms. The lowest BCUT2D eigenvalue weighted by Crippen LogP contribution is -2.26. The van der Waals surface area contributed by atoms with E-state index in [1.54, 1.807) is 12.1 Å². The summed E-state index contributed by atoms with van der Waals surface area (Å²) in [5.41, 5.74) is 6.48. The molecule has 2 atom stereocenters. The van der Waals surface area contributed by atoms with Crippen molar-refractivity contribution in [3.05, 3.63) is 22.2 Å². The number of halogens is 1. The SMILES string of the molecule is CCCC[C@@H](O)[C@@H](N)c1cc(Br)cc(OC)c1O. The Morgan fingerprint density at radius 3 is 2.67 bits per heavy atom. The van der Waals surface area contributed by atoms with Crippen molar-refractivity contribution in [3.63, 3.8) is 0 Å². The van der Waals surface area contributed by atoms with E-state index in [-0.39, 0.29) is 5.75 Å². The summed E-state index contributed by atoms with van der Waals surface area (Å²) in [6.45, 7) is 2.05. The molecule has 0 fully saturated rings. The molecule has 0 bridgehead atoms. The zero-order valence-electron chi connectivity index (χ0n) is 10.7. The van der Waals surface area contributed by atoms with Gasteiger partial charge in [-0.25, -0.2) is 0 Å². The van der Waals surface area contributed by atoms with E-state index in [4.69, 9.17) is 10.5 Å². The molecule has 0 radical (unpaired) electrons. The van der Waals surface area contributed by atoms with Crippen molar-refractivity contribution in [3.8, 4) is 11.5 Å². The van der Waals surface area contributed by atoms with Gasteiger partial charge in [-0.3, -0.25) is 0 Å². The summed E-state index contributed by atoms with van der Waals surface area (Å²) in [4.78, 5) is 0. The minimum Gasteiger partial charge on any atom is -0.504 e. The van der Waals surface area contributed by atoms with E-state index in [1.807, 2.05) is 0 Å². The second-order valence-corrected chi connectivity index (χ2v) is 5.20. The summed E-state index contributed by atoms with van der Waals surface area (Å²) >= 11 is 3.33. The molecule has 1 aromatic rings. The van der Waals surface area contributed by atoms with Gasteiger partial charge in [-0.15, -0.1) is 0 Å². The number of nitrogens with two attached hydrogens (primary N) is 1. The molecule has 4 N–H and O–H groups in total. The molecule has 0 heterocycles. The summed E-state index contributed by atoms with van der Waals surface area (Å²) in [5.74, 6) is 0.335. The van der Waals surface area contributed by atoms with Crippen LogP contribution in [0.25, 0.3) is 0 Å². The van der Waals surface area contributed by atoms with Gasteiger partial charge in [0.1, 0.15) is 0 Å². The second-order valence-electron chi connectivity index (χ2n) is 4.28. The highest BCUT2D eigenvalue weighted by Crippen LogP contribution is 2.37. The Kier molecular flexibility index (Phi) is 5.91. The van der Waals surface area contributed by atoms with Crippen LogP contribution in [-0.4, -0.2) is 23.4 Å². The van der Waals surface area contributed by atoms with Crippen molar-refractivity contribution < 1.29 is 14.9 Å². The van der Waals surface area contributed by atoms with Crippen LogP contribution < -0.4 is 10.5 Å². The van der Waals surface area contributed by atoms with Crippen molar-refractivity contribution in [2.24, 2.45) is 5.73 Å². The number of rotatable bonds is 6. The van der Waals surface area contributed by atoms with Crippen LogP contribution in [0.5, 0.6) is 11.5 Å². The standard InChI is InChI=1S/C13H20BrNO3/c1-3-4-5-10(16)12(15)9-6-8(14)7-11(18-2)13(9)17/h6-7,10,12,16-17H,3-5,15H2,1-2H3/t10-,12+/m1/s1. The summed E-state index contributed by atoms with van der Waals surface area (Å²) in [5, 5.41) is 20.0. The van der Waals surface area contributed by atoms with Crippen LogP contribution in [0.4, 0.5) is 0 Å². The van der Waals surface area contributed by atoms with Gasteiger partial charge in [0, 0.05) is 10.0 Å². The summed E-state index contributed by atoms with van der Waals surface area (Å²) in [7, 11) is 1.48. The Morgan fingerprint density at radius 1 is 1.44 bits per heavy atom. The molecular formula is C13H20BrNO3. The van der Waals surface area contributed by atoms with Crippen LogP contribution >= 0.6 is 15.9 Å². The topological polar surface area (TPSA) is 75.7 Å². The molecule has 0 saturated carbocycles. The molecule has 18 heavy (non-hydrogen) atoms. The number of phenolic OH excluding ortho intramolecular Hbond substituents is 1. The molecule has 0 aliphatic rings. The summed E-state index contributed by atoms with van der Waals surface area (Å²) < 4.78 is 5.82. The lowest BCUT2D eigenvalue weighted by atomic mass is 9.97. The molecule has 4 nitrogen and oxygen atoms in total. The van der Waals surface area contributed by atoms with E-state index >= 15 is 0 Å². The average Bonchev–Trinajstić information content (AvgIpc) is 2.37. The first-order chi connectivity index (χ1) is 8.51. The highest BCUT2D eigenvalue weighted by Gasteiger charge is 2.22. The van der Waals surface area contributed by atoms with E-state index in [9.17, 15) is 10.2 Å². The highest BCUT2D eigenvalue weighted by molar-refractivity contribution is 9.10. The first-order valence-electron chi connectivity index (χ1n) is 6.01. The molecule has 0 saturated heterocycles. The van der Waals surface area contributed by atoms with Crippen molar-refractivity contribution in [2.45, 2.75) is 38.3 Å². The monoisotopic (exact) mass is 317 g/mol. The number of aliphatic hydroxyl groups is 1. The Labute approximate surface area is 116 Å². The first-order valence-corrected chi connectivity index (χ1v) is 6.80. The number of aliphatic hydroxyl groups excluding tert-OH is 1. The van der Waals surface area contributed by atoms with Crippen molar-refractivity contribution in [1.82, 2.24) is 0 Å². The van der Waals surface area contributed by atoms with Gasteiger partial charge < -0.3 is 20.7 Å². The van der Waals surface area contributed by atoms with Crippen molar-refractivity contribution in [1.29, 1.82) is 0 Å². The lowest BCUT2D eigenvalue weighted by molar-refractivity contribution is 0.131. The third kappa shape index (κ3) is 3.60. The molecular weight excluding hydrogens is 298 g/mol. The fraction of sp³-hybridized carbons (Fsp3) is 0.538. The Bertz CT molecular complexity index is 398. The number of methoxy groups -OCH3 is 1. The maximum absolute atomic E-state index is 10.0. The summed E-state index contributed by atoms with van der Waals surface area (Å²) in [6, 6.07) is 2.74. The zero-order chi connectivity index (χ0) is 13.7. The van der Waals surface area contributed by atoms with E-state index in [2.05, 4.69) is 22.9 Å². The fourth-order valence-corrected chi connectivity index (χ4v) is 2.26. The summed E-state index contributed by atoms with van der Waals surface area (Å²) in [6.07, 6.45) is 1.85. The third-order valence-electron chi connectivity index (χ3n) is 2.92. The van der Waals surface area contributed by atoms with Gasteiger partial charge in [0.15, 0.2) is 11.5 Å². The normalized spacial score (nSPS) is 14.3. The fourth-order valence-electron chi connectivity index (χ4n) is 1.80. The number of ether oxygens (including phenoxy) is 1. The van der Waals surface area contributed by atoms with E-state index in [1.165, 1.54) is 7.11 Å². The largest absolute Gasteiger partial charge is 0.504 e. The van der Waals surface area contributed by atoms with Gasteiger partial charge in [0.25, 0.3) is 0 Å². The van der Waals surface area contributed by atoms with E-state index in [0.717, 1.165) is 17.3 Å². The number of aromatic hydroxyl groups is 1. The average molecular weight is 318 g/mol. The Morgan fingerprint density at radius 2 is 2.11 bits per heavy atom. The molecule has 0 aromatic heterocycles. The smallest absolute Gasteiger partial charge is 0.162 e. The second kappa shape index (κ2) is 6.97. The number of hydrogen-bond acceptors (Lipinski definition) is 4. The van der Waals surface area contributed by atoms with Crippen LogP contribution in [-0.2, 0) is 0 Å². The molecule has 102 valence electrons. The maximum atomic E-state index is 10.0. The van der Waals surface area contributed by atoms with Crippen LogP contribution in [0.2, 0.25) is 0 Å². The Hall–Kier alpha value is -0.780. The van der Waals surface area contributed by atoms with Gasteiger partial charge in [-0.1, -0.05) is 35.7 Å².